The van der Waals surface area contributed by atoms with Crippen molar-refractivity contribution in [1.82, 2.24) is 0 Å². The topological polar surface area (TPSA) is 86.2 Å². The number of nitrogens with two attached hydrogens (primary N) is 2. The highest BCUT2D eigenvalue weighted by Crippen LogP contribution is 2.01. The molecule has 0 bridgehead atoms. The molecule has 0 aromatic carbocycles. The van der Waals surface area contributed by atoms with Crippen LogP contribution in [-0.2, 0) is 9.59 Å². The van der Waals surface area contributed by atoms with Gasteiger partial charge in [0.1, 0.15) is 0 Å². The van der Waals surface area contributed by atoms with Gasteiger partial charge in [0.15, 0.2) is 5.78 Å². The van der Waals surface area contributed by atoms with Crippen molar-refractivity contribution in [2.24, 2.45) is 17.4 Å². The van der Waals surface area contributed by atoms with Crippen LogP contribution >= 0.6 is 0 Å². The van der Waals surface area contributed by atoms with Crippen LogP contribution in [0.3, 0.4) is 0 Å². The van der Waals surface area contributed by atoms with Gasteiger partial charge in [-0.1, -0.05) is 13.8 Å². The molecule has 1 atom stereocenters. The van der Waals surface area contributed by atoms with Gasteiger partial charge in [-0.2, -0.15) is 0 Å². The van der Waals surface area contributed by atoms with Crippen molar-refractivity contribution < 1.29 is 9.59 Å². The summed E-state index contributed by atoms with van der Waals surface area (Å²) in [7, 11) is 0. The highest BCUT2D eigenvalue weighted by Gasteiger charge is 2.18. The summed E-state index contributed by atoms with van der Waals surface area (Å²) in [6, 6.07) is -0.567. The van der Waals surface area contributed by atoms with Crippen LogP contribution in [-0.4, -0.2) is 17.7 Å². The first-order valence-electron chi connectivity index (χ1n) is 3.51. The largest absolute Gasteiger partial charge is 0.369 e. The van der Waals surface area contributed by atoms with E-state index in [9.17, 15) is 9.59 Å². The molecule has 0 aromatic rings. The molecule has 0 heterocycles. The quantitative estimate of drug-likeness (QED) is 0.536. The van der Waals surface area contributed by atoms with Crippen LogP contribution in [0.15, 0.2) is 0 Å². The normalized spacial score (nSPS) is 13.1. The first kappa shape index (κ1) is 10.1. The summed E-state index contributed by atoms with van der Waals surface area (Å²) in [5.41, 5.74) is 10.3. The van der Waals surface area contributed by atoms with Gasteiger partial charge in [-0.25, -0.2) is 0 Å². The summed E-state index contributed by atoms with van der Waals surface area (Å²) in [5, 5.41) is 0. The smallest absolute Gasteiger partial charge is 0.224 e. The Labute approximate surface area is 65.9 Å². The molecule has 0 spiro atoms. The van der Waals surface area contributed by atoms with Crippen LogP contribution in [0.2, 0.25) is 0 Å². The zero-order valence-electron chi connectivity index (χ0n) is 6.83. The van der Waals surface area contributed by atoms with E-state index in [-0.39, 0.29) is 18.1 Å². The standard InChI is InChI=1S/C7H14N2O2/c1-4(2)7(9)5(10)3-6(8)11/h4,7H,3,9H2,1-2H3,(H2,8,11)/t7-/m0/s1. The van der Waals surface area contributed by atoms with Crippen LogP contribution in [0.5, 0.6) is 0 Å². The number of Topliss-reactive ketones (excluding diaryl/α,β-unsaturated/α-hetero) is 1. The summed E-state index contributed by atoms with van der Waals surface area (Å²) in [6.07, 6.45) is -0.251. The molecule has 4 nitrogen and oxygen atoms in total. The molecule has 0 fully saturated rings. The number of hydrogen-bond acceptors (Lipinski definition) is 3. The van der Waals surface area contributed by atoms with Crippen LogP contribution < -0.4 is 11.5 Å². The Balaban J connectivity index is 3.93. The molecule has 64 valence electrons. The molecule has 11 heavy (non-hydrogen) atoms. The molecule has 0 unspecified atom stereocenters. The number of carbonyl (C=O) groups is 2. The van der Waals surface area contributed by atoms with Crippen molar-refractivity contribution in [1.29, 1.82) is 0 Å². The zero-order valence-corrected chi connectivity index (χ0v) is 6.83. The Morgan fingerprint density at radius 2 is 1.82 bits per heavy atom. The Kier molecular flexibility index (Phi) is 3.74. The SMILES string of the molecule is CC(C)[C@H](N)C(=O)CC(N)=O. The van der Waals surface area contributed by atoms with Crippen molar-refractivity contribution in [3.63, 3.8) is 0 Å². The third-order valence-electron chi connectivity index (χ3n) is 1.44. The van der Waals surface area contributed by atoms with Crippen LogP contribution in [0.1, 0.15) is 20.3 Å². The molecule has 0 aliphatic rings. The van der Waals surface area contributed by atoms with Gasteiger partial charge in [-0.05, 0) is 5.92 Å². The molecule has 0 saturated carbocycles. The maximum atomic E-state index is 11.0. The highest BCUT2D eigenvalue weighted by atomic mass is 16.2. The van der Waals surface area contributed by atoms with Crippen molar-refractivity contribution >= 4 is 11.7 Å². The van der Waals surface area contributed by atoms with Crippen molar-refractivity contribution in [2.45, 2.75) is 26.3 Å². The molecule has 0 aliphatic carbocycles. The molecule has 0 rings (SSSR count). The van der Waals surface area contributed by atoms with Gasteiger partial charge in [0.2, 0.25) is 5.91 Å². The van der Waals surface area contributed by atoms with E-state index in [1.165, 1.54) is 0 Å². The van der Waals surface area contributed by atoms with E-state index in [0.29, 0.717) is 0 Å². The maximum absolute atomic E-state index is 11.0. The van der Waals surface area contributed by atoms with Gasteiger partial charge in [-0.15, -0.1) is 0 Å². The third kappa shape index (κ3) is 3.72. The van der Waals surface area contributed by atoms with E-state index in [1.807, 2.05) is 13.8 Å². The van der Waals surface area contributed by atoms with E-state index in [2.05, 4.69) is 0 Å². The monoisotopic (exact) mass is 158 g/mol. The van der Waals surface area contributed by atoms with Gasteiger partial charge < -0.3 is 11.5 Å². The Morgan fingerprint density at radius 3 is 2.09 bits per heavy atom. The van der Waals surface area contributed by atoms with E-state index in [0.717, 1.165) is 0 Å². The van der Waals surface area contributed by atoms with E-state index in [4.69, 9.17) is 11.5 Å². The summed E-state index contributed by atoms with van der Waals surface area (Å²) in [5.74, 6) is -0.847. The summed E-state index contributed by atoms with van der Waals surface area (Å²) >= 11 is 0. The summed E-state index contributed by atoms with van der Waals surface area (Å²) in [4.78, 5) is 21.3. The second kappa shape index (κ2) is 4.08. The first-order chi connectivity index (χ1) is 4.95. The first-order valence-corrected chi connectivity index (χ1v) is 3.51. The second-order valence-electron chi connectivity index (χ2n) is 2.88. The summed E-state index contributed by atoms with van der Waals surface area (Å²) < 4.78 is 0. The lowest BCUT2D eigenvalue weighted by Gasteiger charge is -2.12. The molecule has 0 aromatic heterocycles. The molecule has 0 radical (unpaired) electrons. The minimum absolute atomic E-state index is 0.0573. The Bertz CT molecular complexity index is 166. The predicted octanol–water partition coefficient (Wildman–Crippen LogP) is -0.586. The molecule has 4 heteroatoms. The number of rotatable bonds is 4. The fourth-order valence-corrected chi connectivity index (χ4v) is 0.661. The highest BCUT2D eigenvalue weighted by molar-refractivity contribution is 5.99. The zero-order chi connectivity index (χ0) is 9.02. The van der Waals surface area contributed by atoms with Crippen molar-refractivity contribution in [3.8, 4) is 0 Å². The van der Waals surface area contributed by atoms with Crippen molar-refractivity contribution in [3.05, 3.63) is 0 Å². The van der Waals surface area contributed by atoms with E-state index in [1.54, 1.807) is 0 Å². The van der Waals surface area contributed by atoms with E-state index < -0.39 is 11.9 Å². The predicted molar refractivity (Wildman–Crippen MR) is 41.6 cm³/mol. The fourth-order valence-electron chi connectivity index (χ4n) is 0.661. The Hall–Kier alpha value is -0.900. The molecular formula is C7H14N2O2. The van der Waals surface area contributed by atoms with E-state index >= 15 is 0 Å². The minimum Gasteiger partial charge on any atom is -0.369 e. The lowest BCUT2D eigenvalue weighted by Crippen LogP contribution is -2.37. The molecular weight excluding hydrogens is 144 g/mol. The number of amides is 1. The van der Waals surface area contributed by atoms with Gasteiger partial charge in [0.05, 0.1) is 12.5 Å². The average molecular weight is 158 g/mol. The van der Waals surface area contributed by atoms with Gasteiger partial charge >= 0.3 is 0 Å². The van der Waals surface area contributed by atoms with Crippen LogP contribution in [0, 0.1) is 5.92 Å². The lowest BCUT2D eigenvalue weighted by molar-refractivity contribution is -0.127. The van der Waals surface area contributed by atoms with Gasteiger partial charge in [0.25, 0.3) is 0 Å². The molecule has 0 saturated heterocycles. The molecule has 4 N–H and O–H groups in total. The third-order valence-corrected chi connectivity index (χ3v) is 1.44. The Morgan fingerprint density at radius 1 is 1.36 bits per heavy atom. The number of ketones is 1. The average Bonchev–Trinajstić information content (AvgIpc) is 1.84. The van der Waals surface area contributed by atoms with Crippen LogP contribution in [0.4, 0.5) is 0 Å². The number of primary amides is 1. The fraction of sp³-hybridized carbons (Fsp3) is 0.714. The maximum Gasteiger partial charge on any atom is 0.224 e. The minimum atomic E-state index is -0.619. The van der Waals surface area contributed by atoms with Crippen molar-refractivity contribution in [2.75, 3.05) is 0 Å². The van der Waals surface area contributed by atoms with Gasteiger partial charge in [0, 0.05) is 0 Å². The lowest BCUT2D eigenvalue weighted by atomic mass is 9.99. The number of hydrogen-bond donors (Lipinski definition) is 2. The van der Waals surface area contributed by atoms with Crippen LogP contribution in [0.25, 0.3) is 0 Å². The number of carbonyl (C=O) groups excluding carboxylic acids is 2. The van der Waals surface area contributed by atoms with Gasteiger partial charge in [-0.3, -0.25) is 9.59 Å². The molecule has 0 aliphatic heterocycles. The molecule has 1 amide bonds. The summed E-state index contributed by atoms with van der Waals surface area (Å²) in [6.45, 7) is 3.65. The second-order valence-corrected chi connectivity index (χ2v) is 2.88.